The van der Waals surface area contributed by atoms with Crippen LogP contribution in [0, 0.1) is 0 Å². The van der Waals surface area contributed by atoms with Gasteiger partial charge in [0.25, 0.3) is 0 Å². The molecular formula is C16H27NO2. The van der Waals surface area contributed by atoms with Gasteiger partial charge in [-0.25, -0.2) is 4.79 Å². The number of amides is 1. The average molecular weight is 265 g/mol. The second-order valence-corrected chi connectivity index (χ2v) is 6.02. The molecule has 0 aromatic rings. The summed E-state index contributed by atoms with van der Waals surface area (Å²) >= 11 is 0. The number of likely N-dealkylation sites (tertiary alicyclic amines) is 1. The van der Waals surface area contributed by atoms with Gasteiger partial charge in [-0.1, -0.05) is 24.1 Å². The Kier molecular flexibility index (Phi) is 5.64. The minimum absolute atomic E-state index is 0.187. The molecule has 1 aliphatic rings. The first kappa shape index (κ1) is 15.8. The largest absolute Gasteiger partial charge is 0.444 e. The van der Waals surface area contributed by atoms with E-state index in [-0.39, 0.29) is 6.09 Å². The van der Waals surface area contributed by atoms with Crippen LogP contribution in [0.25, 0.3) is 0 Å². The van der Waals surface area contributed by atoms with Crippen LogP contribution in [-0.2, 0) is 4.74 Å². The Labute approximate surface area is 117 Å². The molecular weight excluding hydrogens is 238 g/mol. The van der Waals surface area contributed by atoms with Crippen molar-refractivity contribution >= 4 is 6.09 Å². The lowest BCUT2D eigenvalue weighted by Crippen LogP contribution is -2.40. The quantitative estimate of drug-likeness (QED) is 0.712. The highest BCUT2D eigenvalue weighted by atomic mass is 16.6. The maximum Gasteiger partial charge on any atom is 0.410 e. The molecule has 108 valence electrons. The molecule has 0 N–H and O–H groups in total. The molecule has 0 aromatic carbocycles. The zero-order chi connectivity index (χ0) is 14.5. The first-order valence-corrected chi connectivity index (χ1v) is 7.16. The lowest BCUT2D eigenvalue weighted by atomic mass is 9.94. The number of rotatable bonds is 3. The molecule has 0 saturated carbocycles. The molecule has 0 aliphatic carbocycles. The molecule has 3 nitrogen and oxygen atoms in total. The molecule has 1 rings (SSSR count). The summed E-state index contributed by atoms with van der Waals surface area (Å²) in [5.74, 6) is 0. The van der Waals surface area contributed by atoms with E-state index in [1.165, 1.54) is 11.1 Å². The van der Waals surface area contributed by atoms with Crippen LogP contribution < -0.4 is 0 Å². The number of allylic oxidation sites excluding steroid dienone is 2. The fourth-order valence-electron chi connectivity index (χ4n) is 2.35. The fourth-order valence-corrected chi connectivity index (χ4v) is 2.35. The van der Waals surface area contributed by atoms with Gasteiger partial charge in [-0.15, -0.1) is 6.58 Å². The summed E-state index contributed by atoms with van der Waals surface area (Å²) in [7, 11) is 0. The summed E-state index contributed by atoms with van der Waals surface area (Å²) in [5.41, 5.74) is 2.57. The van der Waals surface area contributed by atoms with E-state index in [9.17, 15) is 4.79 Å². The molecule has 1 saturated heterocycles. The molecule has 0 bridgehead atoms. The van der Waals surface area contributed by atoms with Crippen LogP contribution in [0.5, 0.6) is 0 Å². The first-order chi connectivity index (χ1) is 8.87. The maximum absolute atomic E-state index is 12.0. The van der Waals surface area contributed by atoms with Gasteiger partial charge < -0.3 is 9.64 Å². The number of hydrogen-bond acceptors (Lipinski definition) is 2. The van der Waals surface area contributed by atoms with E-state index >= 15 is 0 Å². The third-order valence-corrected chi connectivity index (χ3v) is 3.34. The first-order valence-electron chi connectivity index (χ1n) is 7.16. The predicted octanol–water partition coefficient (Wildman–Crippen LogP) is 4.30. The third-order valence-electron chi connectivity index (χ3n) is 3.34. The van der Waals surface area contributed by atoms with Crippen molar-refractivity contribution in [2.45, 2.75) is 59.0 Å². The van der Waals surface area contributed by atoms with E-state index in [0.29, 0.717) is 0 Å². The van der Waals surface area contributed by atoms with Crippen LogP contribution >= 0.6 is 0 Å². The fraction of sp³-hybridized carbons (Fsp3) is 0.688. The predicted molar refractivity (Wildman–Crippen MR) is 79.2 cm³/mol. The van der Waals surface area contributed by atoms with E-state index in [4.69, 9.17) is 4.74 Å². The zero-order valence-corrected chi connectivity index (χ0v) is 12.8. The topological polar surface area (TPSA) is 29.5 Å². The minimum Gasteiger partial charge on any atom is -0.444 e. The van der Waals surface area contributed by atoms with Crippen molar-refractivity contribution in [1.29, 1.82) is 0 Å². The van der Waals surface area contributed by atoms with Gasteiger partial charge in [0.2, 0.25) is 0 Å². The van der Waals surface area contributed by atoms with E-state index in [2.05, 4.69) is 13.5 Å². The molecule has 1 aliphatic heterocycles. The average Bonchev–Trinajstić information content (AvgIpc) is 2.34. The molecule has 19 heavy (non-hydrogen) atoms. The van der Waals surface area contributed by atoms with Gasteiger partial charge >= 0.3 is 6.09 Å². The van der Waals surface area contributed by atoms with Gasteiger partial charge in [-0.05, 0) is 46.5 Å². The van der Waals surface area contributed by atoms with Gasteiger partial charge in [0, 0.05) is 13.1 Å². The highest BCUT2D eigenvalue weighted by molar-refractivity contribution is 5.68. The van der Waals surface area contributed by atoms with Gasteiger partial charge in [0.15, 0.2) is 0 Å². The number of nitrogens with zero attached hydrogens (tertiary/aromatic N) is 1. The Morgan fingerprint density at radius 1 is 1.37 bits per heavy atom. The van der Waals surface area contributed by atoms with Gasteiger partial charge in [0.1, 0.15) is 5.60 Å². The van der Waals surface area contributed by atoms with E-state index < -0.39 is 5.60 Å². The van der Waals surface area contributed by atoms with Crippen molar-refractivity contribution in [3.8, 4) is 0 Å². The summed E-state index contributed by atoms with van der Waals surface area (Å²) < 4.78 is 5.40. The van der Waals surface area contributed by atoms with Crippen molar-refractivity contribution in [3.05, 3.63) is 23.8 Å². The smallest absolute Gasteiger partial charge is 0.410 e. The molecule has 0 unspecified atom stereocenters. The van der Waals surface area contributed by atoms with Crippen LogP contribution in [0.1, 0.15) is 53.4 Å². The Hall–Kier alpha value is -1.25. The number of carbonyl (C=O) groups excluding carboxylic acids is 1. The van der Waals surface area contributed by atoms with Crippen molar-refractivity contribution in [2.24, 2.45) is 0 Å². The molecule has 3 heteroatoms. The molecule has 0 radical (unpaired) electrons. The second kappa shape index (κ2) is 6.78. The number of hydrogen-bond donors (Lipinski definition) is 0. The maximum atomic E-state index is 12.0. The number of carbonyl (C=O) groups is 1. The Morgan fingerprint density at radius 3 is 2.37 bits per heavy atom. The normalized spacial score (nSPS) is 16.2. The summed E-state index contributed by atoms with van der Waals surface area (Å²) in [6, 6.07) is 0. The monoisotopic (exact) mass is 265 g/mol. The molecule has 1 amide bonds. The summed E-state index contributed by atoms with van der Waals surface area (Å²) in [6.45, 7) is 13.2. The minimum atomic E-state index is -0.412. The van der Waals surface area contributed by atoms with Gasteiger partial charge in [-0.2, -0.15) is 0 Å². The summed E-state index contributed by atoms with van der Waals surface area (Å²) in [6.07, 6.45) is 5.76. The van der Waals surface area contributed by atoms with Gasteiger partial charge in [-0.3, -0.25) is 0 Å². The molecule has 1 fully saturated rings. The zero-order valence-electron chi connectivity index (χ0n) is 12.8. The molecule has 0 aromatic heterocycles. The summed E-state index contributed by atoms with van der Waals surface area (Å²) in [5, 5.41) is 0. The highest BCUT2D eigenvalue weighted by Crippen LogP contribution is 2.25. The Bertz CT molecular complexity index is 353. The SMILES string of the molecule is C=CCC(CC)=C1CCN(C(=O)OC(C)(C)C)CC1. The highest BCUT2D eigenvalue weighted by Gasteiger charge is 2.25. The van der Waals surface area contributed by atoms with Gasteiger partial charge in [0.05, 0.1) is 0 Å². The van der Waals surface area contributed by atoms with Crippen LogP contribution in [0.2, 0.25) is 0 Å². The van der Waals surface area contributed by atoms with E-state index in [0.717, 1.165) is 38.8 Å². The summed E-state index contributed by atoms with van der Waals surface area (Å²) in [4.78, 5) is 13.8. The Balaban J connectivity index is 2.57. The standard InChI is InChI=1S/C16H27NO2/c1-6-8-13(7-2)14-9-11-17(12-10-14)15(18)19-16(3,4)5/h6H,1,7-12H2,2-5H3. The third kappa shape index (κ3) is 5.09. The second-order valence-electron chi connectivity index (χ2n) is 6.02. The lowest BCUT2D eigenvalue weighted by molar-refractivity contribution is 0.0236. The Morgan fingerprint density at radius 2 is 1.95 bits per heavy atom. The van der Waals surface area contributed by atoms with Crippen molar-refractivity contribution in [2.75, 3.05) is 13.1 Å². The molecule has 0 atom stereocenters. The van der Waals surface area contributed by atoms with E-state index in [1.54, 1.807) is 0 Å². The lowest BCUT2D eigenvalue weighted by Gasteiger charge is -2.31. The molecule has 0 spiro atoms. The number of ether oxygens (including phenoxy) is 1. The van der Waals surface area contributed by atoms with Crippen molar-refractivity contribution < 1.29 is 9.53 Å². The van der Waals surface area contributed by atoms with Crippen LogP contribution in [0.3, 0.4) is 0 Å². The van der Waals surface area contributed by atoms with Crippen LogP contribution in [0.15, 0.2) is 23.8 Å². The number of piperidine rings is 1. The van der Waals surface area contributed by atoms with E-state index in [1.807, 2.05) is 31.7 Å². The van der Waals surface area contributed by atoms with Crippen molar-refractivity contribution in [3.63, 3.8) is 0 Å². The van der Waals surface area contributed by atoms with Crippen molar-refractivity contribution in [1.82, 2.24) is 4.90 Å². The van der Waals surface area contributed by atoms with Crippen LogP contribution in [0.4, 0.5) is 4.79 Å². The molecule has 1 heterocycles. The van der Waals surface area contributed by atoms with Crippen LogP contribution in [-0.4, -0.2) is 29.7 Å².